The number of nitrogens with zero attached hydrogens (tertiary/aromatic N) is 2. The first kappa shape index (κ1) is 15.3. The highest BCUT2D eigenvalue weighted by Crippen LogP contribution is 2.22. The number of hydrogen-bond donors (Lipinski definition) is 1. The molecule has 0 amide bonds. The van der Waals surface area contributed by atoms with Crippen LogP contribution in [0, 0.1) is 0 Å². The first-order valence-corrected chi connectivity index (χ1v) is 8.45. The Hall–Kier alpha value is -1.11. The first-order valence-electron chi connectivity index (χ1n) is 6.69. The van der Waals surface area contributed by atoms with Gasteiger partial charge in [-0.25, -0.2) is 4.98 Å². The second-order valence-corrected chi connectivity index (χ2v) is 6.29. The van der Waals surface area contributed by atoms with E-state index in [-0.39, 0.29) is 0 Å². The molecule has 1 heterocycles. The molecule has 0 saturated carbocycles. The van der Waals surface area contributed by atoms with Crippen molar-refractivity contribution >= 4 is 23.3 Å². The number of rotatable bonds is 8. The molecule has 0 aliphatic rings. The summed E-state index contributed by atoms with van der Waals surface area (Å²) >= 11 is 3.22. The fraction of sp³-hybridized carbons (Fsp3) is 0.429. The third-order valence-corrected chi connectivity index (χ3v) is 4.69. The molecule has 1 aromatic carbocycles. The Bertz CT molecular complexity index is 531. The van der Waals surface area contributed by atoms with Gasteiger partial charge in [-0.2, -0.15) is 4.37 Å². The minimum Gasteiger partial charge on any atom is -0.493 e. The van der Waals surface area contributed by atoms with Gasteiger partial charge in [0.25, 0.3) is 0 Å². The maximum absolute atomic E-state index is 5.77. The molecule has 0 spiro atoms. The largest absolute Gasteiger partial charge is 0.493 e. The molecule has 2 rings (SSSR count). The Morgan fingerprint density at radius 1 is 1.35 bits per heavy atom. The van der Waals surface area contributed by atoms with Gasteiger partial charge in [-0.05, 0) is 24.0 Å². The predicted molar refractivity (Wildman–Crippen MR) is 84.5 cm³/mol. The van der Waals surface area contributed by atoms with Crippen LogP contribution in [-0.4, -0.2) is 21.7 Å². The van der Waals surface area contributed by atoms with Crippen molar-refractivity contribution < 1.29 is 4.74 Å². The molecule has 1 aromatic heterocycles. The lowest BCUT2D eigenvalue weighted by molar-refractivity contribution is 0.315. The topological polar surface area (TPSA) is 61.0 Å². The van der Waals surface area contributed by atoms with Crippen LogP contribution in [0.2, 0.25) is 0 Å². The van der Waals surface area contributed by atoms with E-state index in [2.05, 4.69) is 16.3 Å². The smallest absolute Gasteiger partial charge is 0.170 e. The number of thioether (sulfide) groups is 1. The highest BCUT2D eigenvalue weighted by molar-refractivity contribution is 8.00. The lowest BCUT2D eigenvalue weighted by atomic mass is 10.2. The molecule has 0 bridgehead atoms. The third-order valence-electron chi connectivity index (χ3n) is 2.73. The second-order valence-electron chi connectivity index (χ2n) is 4.19. The quantitative estimate of drug-likeness (QED) is 0.599. The number of benzene rings is 1. The average Bonchev–Trinajstić information content (AvgIpc) is 2.95. The minimum absolute atomic E-state index is 0.509. The molecule has 4 nitrogen and oxygen atoms in total. The summed E-state index contributed by atoms with van der Waals surface area (Å²) in [6, 6.07) is 7.91. The van der Waals surface area contributed by atoms with Crippen LogP contribution in [-0.2, 0) is 13.0 Å². The fourth-order valence-electron chi connectivity index (χ4n) is 1.65. The van der Waals surface area contributed by atoms with Crippen molar-refractivity contribution in [1.82, 2.24) is 9.36 Å². The van der Waals surface area contributed by atoms with Crippen LogP contribution in [0.25, 0.3) is 0 Å². The molecule has 20 heavy (non-hydrogen) atoms. The van der Waals surface area contributed by atoms with Gasteiger partial charge in [-0.3, -0.25) is 0 Å². The summed E-state index contributed by atoms with van der Waals surface area (Å²) < 4.78 is 11.1. The average molecular weight is 309 g/mol. The van der Waals surface area contributed by atoms with Gasteiger partial charge in [-0.15, -0.1) is 0 Å². The van der Waals surface area contributed by atoms with Crippen LogP contribution in [0.15, 0.2) is 28.6 Å². The molecule has 0 atom stereocenters. The van der Waals surface area contributed by atoms with Crippen molar-refractivity contribution in [3.05, 3.63) is 35.7 Å². The predicted octanol–water partition coefficient (Wildman–Crippen LogP) is 3.12. The van der Waals surface area contributed by atoms with Crippen LogP contribution >= 0.6 is 23.3 Å². The fourth-order valence-corrected chi connectivity index (χ4v) is 3.33. The standard InChI is InChI=1S/C14H19N3OS2/c1-2-13-16-14(20-17-13)19-9-5-8-18-12-7-4-3-6-11(12)10-15/h3-4,6-7H,2,5,8-10,15H2,1H3. The number of nitrogens with two attached hydrogens (primary N) is 1. The van der Waals surface area contributed by atoms with E-state index in [4.69, 9.17) is 10.5 Å². The molecular weight excluding hydrogens is 290 g/mol. The van der Waals surface area contributed by atoms with Crippen molar-refractivity contribution in [3.8, 4) is 5.75 Å². The molecule has 0 unspecified atom stereocenters. The Balaban J connectivity index is 1.68. The van der Waals surface area contributed by atoms with Gasteiger partial charge >= 0.3 is 0 Å². The molecular formula is C14H19N3OS2. The number of para-hydroxylation sites is 1. The summed E-state index contributed by atoms with van der Waals surface area (Å²) in [5.74, 6) is 2.82. The van der Waals surface area contributed by atoms with Crippen molar-refractivity contribution in [2.45, 2.75) is 30.6 Å². The molecule has 0 radical (unpaired) electrons. The first-order chi connectivity index (χ1) is 9.83. The third kappa shape index (κ3) is 4.47. The SMILES string of the molecule is CCc1nsc(SCCCOc2ccccc2CN)n1. The Labute approximate surface area is 127 Å². The van der Waals surface area contributed by atoms with E-state index in [1.54, 1.807) is 11.8 Å². The van der Waals surface area contributed by atoms with Crippen molar-refractivity contribution in [2.24, 2.45) is 5.73 Å². The summed E-state index contributed by atoms with van der Waals surface area (Å²) in [6.45, 7) is 3.28. The zero-order chi connectivity index (χ0) is 14.2. The number of aromatic nitrogens is 2. The highest BCUT2D eigenvalue weighted by Gasteiger charge is 2.03. The Morgan fingerprint density at radius 3 is 2.95 bits per heavy atom. The lowest BCUT2D eigenvalue weighted by Crippen LogP contribution is -2.04. The second kappa shape index (κ2) is 8.24. The van der Waals surface area contributed by atoms with E-state index >= 15 is 0 Å². The van der Waals surface area contributed by atoms with E-state index in [0.717, 1.165) is 40.1 Å². The van der Waals surface area contributed by atoms with Gasteiger partial charge in [-0.1, -0.05) is 36.9 Å². The van der Waals surface area contributed by atoms with Crippen molar-refractivity contribution in [3.63, 3.8) is 0 Å². The molecule has 0 saturated heterocycles. The summed E-state index contributed by atoms with van der Waals surface area (Å²) in [7, 11) is 0. The minimum atomic E-state index is 0.509. The normalized spacial score (nSPS) is 10.7. The Morgan fingerprint density at radius 2 is 2.20 bits per heavy atom. The number of aryl methyl sites for hydroxylation is 1. The van der Waals surface area contributed by atoms with Gasteiger partial charge in [0.15, 0.2) is 4.34 Å². The van der Waals surface area contributed by atoms with Gasteiger partial charge in [0.2, 0.25) is 0 Å². The monoisotopic (exact) mass is 309 g/mol. The van der Waals surface area contributed by atoms with Crippen LogP contribution < -0.4 is 10.5 Å². The maximum atomic E-state index is 5.77. The zero-order valence-electron chi connectivity index (χ0n) is 11.5. The zero-order valence-corrected chi connectivity index (χ0v) is 13.2. The van der Waals surface area contributed by atoms with Crippen molar-refractivity contribution in [1.29, 1.82) is 0 Å². The lowest BCUT2D eigenvalue weighted by Gasteiger charge is -2.09. The van der Waals surface area contributed by atoms with E-state index in [0.29, 0.717) is 13.2 Å². The van der Waals surface area contributed by atoms with Gasteiger partial charge < -0.3 is 10.5 Å². The molecule has 2 N–H and O–H groups in total. The molecule has 2 aromatic rings. The van der Waals surface area contributed by atoms with Crippen molar-refractivity contribution in [2.75, 3.05) is 12.4 Å². The van der Waals surface area contributed by atoms with E-state index in [9.17, 15) is 0 Å². The summed E-state index contributed by atoms with van der Waals surface area (Å²) in [5, 5.41) is 0. The van der Waals surface area contributed by atoms with E-state index in [1.807, 2.05) is 24.3 Å². The maximum Gasteiger partial charge on any atom is 0.170 e. The Kier molecular flexibility index (Phi) is 6.29. The molecule has 6 heteroatoms. The van der Waals surface area contributed by atoms with Gasteiger partial charge in [0, 0.05) is 24.3 Å². The summed E-state index contributed by atoms with van der Waals surface area (Å²) in [5.41, 5.74) is 6.73. The van der Waals surface area contributed by atoms with Gasteiger partial charge in [0.05, 0.1) is 6.61 Å². The van der Waals surface area contributed by atoms with Crippen LogP contribution in [0.5, 0.6) is 5.75 Å². The number of hydrogen-bond acceptors (Lipinski definition) is 6. The van der Waals surface area contributed by atoms with Crippen LogP contribution in [0.1, 0.15) is 24.7 Å². The highest BCUT2D eigenvalue weighted by atomic mass is 32.2. The summed E-state index contributed by atoms with van der Waals surface area (Å²) in [4.78, 5) is 4.42. The van der Waals surface area contributed by atoms with Crippen LogP contribution in [0.3, 0.4) is 0 Å². The summed E-state index contributed by atoms with van der Waals surface area (Å²) in [6.07, 6.45) is 1.88. The van der Waals surface area contributed by atoms with Gasteiger partial charge in [0.1, 0.15) is 11.6 Å². The van der Waals surface area contributed by atoms with E-state index in [1.165, 1.54) is 11.5 Å². The van der Waals surface area contributed by atoms with Crippen LogP contribution in [0.4, 0.5) is 0 Å². The molecule has 0 fully saturated rings. The van der Waals surface area contributed by atoms with E-state index < -0.39 is 0 Å². The molecule has 0 aliphatic heterocycles. The molecule has 108 valence electrons. The molecule has 0 aliphatic carbocycles. The number of ether oxygens (including phenoxy) is 1.